The molecule has 4 nitrogen and oxygen atoms in total. The molecule has 0 spiro atoms. The van der Waals surface area contributed by atoms with Crippen molar-refractivity contribution in [2.45, 2.75) is 12.3 Å². The van der Waals surface area contributed by atoms with Crippen molar-refractivity contribution in [2.24, 2.45) is 5.73 Å². The Kier molecular flexibility index (Phi) is 4.12. The Morgan fingerprint density at radius 3 is 3.06 bits per heavy atom. The predicted molar refractivity (Wildman–Crippen MR) is 65.8 cm³/mol. The molecule has 3 N–H and O–H groups in total. The van der Waals surface area contributed by atoms with Gasteiger partial charge in [0.15, 0.2) is 0 Å². The Balaban J connectivity index is 1.69. The van der Waals surface area contributed by atoms with E-state index >= 15 is 0 Å². The van der Waals surface area contributed by atoms with Crippen LogP contribution >= 0.6 is 0 Å². The van der Waals surface area contributed by atoms with Crippen LogP contribution in [0, 0.1) is 0 Å². The molecule has 1 aliphatic carbocycles. The van der Waals surface area contributed by atoms with E-state index in [0.29, 0.717) is 25.6 Å². The topological polar surface area (TPSA) is 64.3 Å². The fraction of sp³-hybridized carbons (Fsp3) is 0.462. The molecule has 0 saturated heterocycles. The number of hydrogen-bond acceptors (Lipinski definition) is 3. The fourth-order valence-corrected chi connectivity index (χ4v) is 2.08. The summed E-state index contributed by atoms with van der Waals surface area (Å²) in [7, 11) is 0. The van der Waals surface area contributed by atoms with Crippen LogP contribution in [0.2, 0.25) is 0 Å². The summed E-state index contributed by atoms with van der Waals surface area (Å²) in [6.45, 7) is 1.68. The highest BCUT2D eigenvalue weighted by atomic mass is 16.5. The number of rotatable bonds is 6. The standard InChI is InChI=1S/C13H18N2O2/c14-5-6-17-9-13(16)15-8-11-7-10-3-1-2-4-12(10)11/h1-4,11H,5-9,14H2,(H,15,16). The number of nitrogens with two attached hydrogens (primary N) is 1. The van der Waals surface area contributed by atoms with Gasteiger partial charge in [0, 0.05) is 19.0 Å². The molecule has 0 bridgehead atoms. The van der Waals surface area contributed by atoms with Gasteiger partial charge in [0.25, 0.3) is 0 Å². The molecule has 1 atom stereocenters. The molecule has 0 radical (unpaired) electrons. The van der Waals surface area contributed by atoms with Gasteiger partial charge < -0.3 is 15.8 Å². The number of ether oxygens (including phenoxy) is 1. The van der Waals surface area contributed by atoms with Gasteiger partial charge in [-0.05, 0) is 17.5 Å². The van der Waals surface area contributed by atoms with E-state index in [2.05, 4.69) is 17.4 Å². The minimum absolute atomic E-state index is 0.0668. The van der Waals surface area contributed by atoms with Crippen molar-refractivity contribution in [2.75, 3.05) is 26.3 Å². The summed E-state index contributed by atoms with van der Waals surface area (Å²) in [6.07, 6.45) is 1.06. The first-order chi connectivity index (χ1) is 8.31. The number of amides is 1. The number of nitrogens with one attached hydrogen (secondary N) is 1. The van der Waals surface area contributed by atoms with Gasteiger partial charge in [0.2, 0.25) is 5.91 Å². The van der Waals surface area contributed by atoms with E-state index in [1.807, 2.05) is 12.1 Å². The first kappa shape index (κ1) is 12.1. The van der Waals surface area contributed by atoms with Crippen molar-refractivity contribution < 1.29 is 9.53 Å². The molecular weight excluding hydrogens is 216 g/mol. The Hall–Kier alpha value is -1.39. The third kappa shape index (κ3) is 3.05. The molecule has 0 fully saturated rings. The zero-order chi connectivity index (χ0) is 12.1. The lowest BCUT2D eigenvalue weighted by atomic mass is 9.77. The van der Waals surface area contributed by atoms with Crippen LogP contribution < -0.4 is 11.1 Å². The minimum atomic E-state index is -0.0668. The van der Waals surface area contributed by atoms with Crippen LogP contribution in [-0.4, -0.2) is 32.2 Å². The lowest BCUT2D eigenvalue weighted by Gasteiger charge is -2.30. The van der Waals surface area contributed by atoms with Crippen LogP contribution in [0.5, 0.6) is 0 Å². The Bertz CT molecular complexity index is 393. The fourth-order valence-electron chi connectivity index (χ4n) is 2.08. The molecule has 1 aliphatic rings. The van der Waals surface area contributed by atoms with Gasteiger partial charge in [-0.25, -0.2) is 0 Å². The molecule has 1 aromatic carbocycles. The maximum Gasteiger partial charge on any atom is 0.246 e. The van der Waals surface area contributed by atoms with E-state index < -0.39 is 0 Å². The number of carbonyl (C=O) groups is 1. The smallest absolute Gasteiger partial charge is 0.246 e. The van der Waals surface area contributed by atoms with Crippen molar-refractivity contribution in [1.29, 1.82) is 0 Å². The summed E-state index contributed by atoms with van der Waals surface area (Å²) in [6, 6.07) is 8.35. The van der Waals surface area contributed by atoms with Crippen molar-refractivity contribution in [3.8, 4) is 0 Å². The summed E-state index contributed by atoms with van der Waals surface area (Å²) >= 11 is 0. The zero-order valence-corrected chi connectivity index (χ0v) is 9.82. The molecule has 17 heavy (non-hydrogen) atoms. The third-order valence-corrected chi connectivity index (χ3v) is 3.00. The first-order valence-corrected chi connectivity index (χ1v) is 5.93. The molecule has 2 rings (SSSR count). The largest absolute Gasteiger partial charge is 0.370 e. The Labute approximate surface area is 101 Å². The molecular formula is C13H18N2O2. The van der Waals surface area contributed by atoms with Crippen molar-refractivity contribution in [3.05, 3.63) is 35.4 Å². The van der Waals surface area contributed by atoms with E-state index in [1.54, 1.807) is 0 Å². The maximum atomic E-state index is 11.4. The van der Waals surface area contributed by atoms with Crippen molar-refractivity contribution in [3.63, 3.8) is 0 Å². The highest BCUT2D eigenvalue weighted by molar-refractivity contribution is 5.77. The monoisotopic (exact) mass is 234 g/mol. The lowest BCUT2D eigenvalue weighted by molar-refractivity contribution is -0.125. The third-order valence-electron chi connectivity index (χ3n) is 3.00. The van der Waals surface area contributed by atoms with Crippen LogP contribution in [0.15, 0.2) is 24.3 Å². The van der Waals surface area contributed by atoms with E-state index in [0.717, 1.165) is 6.42 Å². The van der Waals surface area contributed by atoms with E-state index in [1.165, 1.54) is 11.1 Å². The van der Waals surface area contributed by atoms with Crippen molar-refractivity contribution >= 4 is 5.91 Å². The molecule has 1 unspecified atom stereocenters. The van der Waals surface area contributed by atoms with Crippen LogP contribution in [0.4, 0.5) is 0 Å². The average molecular weight is 234 g/mol. The molecule has 0 aliphatic heterocycles. The van der Waals surface area contributed by atoms with Gasteiger partial charge in [-0.2, -0.15) is 0 Å². The quantitative estimate of drug-likeness (QED) is 0.701. The molecule has 1 aromatic rings. The Morgan fingerprint density at radius 1 is 1.47 bits per heavy atom. The lowest BCUT2D eigenvalue weighted by Crippen LogP contribution is -2.35. The minimum Gasteiger partial charge on any atom is -0.370 e. The predicted octanol–water partition coefficient (Wildman–Crippen LogP) is 0.418. The van der Waals surface area contributed by atoms with Gasteiger partial charge in [0.05, 0.1) is 6.61 Å². The van der Waals surface area contributed by atoms with Crippen LogP contribution in [0.25, 0.3) is 0 Å². The zero-order valence-electron chi connectivity index (χ0n) is 9.82. The summed E-state index contributed by atoms with van der Waals surface area (Å²) < 4.78 is 5.06. The summed E-state index contributed by atoms with van der Waals surface area (Å²) in [4.78, 5) is 11.4. The second-order valence-electron chi connectivity index (χ2n) is 4.25. The molecule has 0 heterocycles. The van der Waals surface area contributed by atoms with Crippen LogP contribution in [-0.2, 0) is 16.0 Å². The highest BCUT2D eigenvalue weighted by Gasteiger charge is 2.25. The Morgan fingerprint density at radius 2 is 2.29 bits per heavy atom. The molecule has 92 valence electrons. The highest BCUT2D eigenvalue weighted by Crippen LogP contribution is 2.33. The molecule has 1 amide bonds. The molecule has 0 aromatic heterocycles. The summed E-state index contributed by atoms with van der Waals surface area (Å²) in [5.41, 5.74) is 8.02. The van der Waals surface area contributed by atoms with Gasteiger partial charge in [0.1, 0.15) is 6.61 Å². The first-order valence-electron chi connectivity index (χ1n) is 5.93. The SMILES string of the molecule is NCCOCC(=O)NCC1Cc2ccccc21. The van der Waals surface area contributed by atoms with Gasteiger partial charge in [-0.3, -0.25) is 4.79 Å². The van der Waals surface area contributed by atoms with Gasteiger partial charge in [-0.15, -0.1) is 0 Å². The maximum absolute atomic E-state index is 11.4. The van der Waals surface area contributed by atoms with Gasteiger partial charge in [-0.1, -0.05) is 24.3 Å². The summed E-state index contributed by atoms with van der Waals surface area (Å²) in [5, 5.41) is 2.88. The van der Waals surface area contributed by atoms with Gasteiger partial charge >= 0.3 is 0 Å². The summed E-state index contributed by atoms with van der Waals surface area (Å²) in [5.74, 6) is 0.396. The number of benzene rings is 1. The molecule has 0 saturated carbocycles. The number of fused-ring (bicyclic) bond motifs is 1. The van der Waals surface area contributed by atoms with E-state index in [9.17, 15) is 4.79 Å². The second kappa shape index (κ2) is 5.80. The number of hydrogen-bond donors (Lipinski definition) is 2. The van der Waals surface area contributed by atoms with Crippen LogP contribution in [0.3, 0.4) is 0 Å². The van der Waals surface area contributed by atoms with E-state index in [-0.39, 0.29) is 12.5 Å². The second-order valence-corrected chi connectivity index (χ2v) is 4.25. The van der Waals surface area contributed by atoms with E-state index in [4.69, 9.17) is 10.5 Å². The number of carbonyl (C=O) groups excluding carboxylic acids is 1. The average Bonchev–Trinajstić information content (AvgIpc) is 2.31. The van der Waals surface area contributed by atoms with Crippen LogP contribution in [0.1, 0.15) is 17.0 Å². The van der Waals surface area contributed by atoms with Crippen molar-refractivity contribution in [1.82, 2.24) is 5.32 Å². The molecule has 4 heteroatoms. The normalized spacial score (nSPS) is 17.1.